The van der Waals surface area contributed by atoms with Gasteiger partial charge < -0.3 is 30.8 Å². The zero-order valence-corrected chi connectivity index (χ0v) is 22.2. The summed E-state index contributed by atoms with van der Waals surface area (Å²) in [7, 11) is 1.60. The van der Waals surface area contributed by atoms with Crippen LogP contribution in [-0.4, -0.2) is 79.8 Å². The molecule has 1 aliphatic rings. The third-order valence-corrected chi connectivity index (χ3v) is 6.57. The molecule has 41 heavy (non-hydrogen) atoms. The fourth-order valence-electron chi connectivity index (χ4n) is 4.72. The van der Waals surface area contributed by atoms with Crippen LogP contribution in [0, 0.1) is 0 Å². The lowest BCUT2D eigenvalue weighted by molar-refractivity contribution is -0.139. The van der Waals surface area contributed by atoms with Crippen LogP contribution in [0.25, 0.3) is 10.8 Å². The molecule has 12 heteroatoms. The average molecular weight is 560 g/mol. The van der Waals surface area contributed by atoms with E-state index in [2.05, 4.69) is 16.0 Å². The molecule has 2 atom stereocenters. The van der Waals surface area contributed by atoms with Crippen molar-refractivity contribution >= 4 is 58.0 Å². The van der Waals surface area contributed by atoms with Crippen LogP contribution in [0.1, 0.15) is 16.8 Å². The fraction of sp³-hybridized carbons (Fsp3) is 0.241. The molecule has 0 bridgehead atoms. The average Bonchev–Trinajstić information content (AvgIpc) is 3.07. The van der Waals surface area contributed by atoms with Crippen molar-refractivity contribution in [2.45, 2.75) is 18.5 Å². The van der Waals surface area contributed by atoms with Crippen molar-refractivity contribution in [2.24, 2.45) is 0 Å². The molecule has 4 amide bonds. The number of nitrogens with one attached hydrogen (secondary N) is 3. The van der Waals surface area contributed by atoms with Crippen molar-refractivity contribution in [1.29, 1.82) is 0 Å². The topological polar surface area (TPSA) is 165 Å². The van der Waals surface area contributed by atoms with Crippen LogP contribution in [0.5, 0.6) is 0 Å². The number of hydrogen-bond donors (Lipinski definition) is 4. The Balaban J connectivity index is 1.70. The van der Waals surface area contributed by atoms with Gasteiger partial charge in [0.2, 0.25) is 11.8 Å². The number of aldehydes is 1. The second-order valence-corrected chi connectivity index (χ2v) is 9.41. The number of benzene rings is 3. The summed E-state index contributed by atoms with van der Waals surface area (Å²) in [6.45, 7) is -0.849. The van der Waals surface area contributed by atoms with Crippen LogP contribution in [0.3, 0.4) is 0 Å². The predicted molar refractivity (Wildman–Crippen MR) is 151 cm³/mol. The van der Waals surface area contributed by atoms with Crippen LogP contribution in [0.2, 0.25) is 0 Å². The molecule has 0 saturated heterocycles. The summed E-state index contributed by atoms with van der Waals surface area (Å²) in [5, 5.41) is 18.4. The van der Waals surface area contributed by atoms with Gasteiger partial charge in [0.1, 0.15) is 18.9 Å². The smallest absolute Gasteiger partial charge is 0.305 e. The lowest BCUT2D eigenvalue weighted by atomic mass is 10.0. The molecule has 0 aromatic heterocycles. The number of aliphatic carboxylic acids is 1. The van der Waals surface area contributed by atoms with Gasteiger partial charge in [0, 0.05) is 5.56 Å². The van der Waals surface area contributed by atoms with E-state index in [0.29, 0.717) is 22.9 Å². The SMILES string of the molecule is CNCC(=O)N1CC(NC(=O)c2cccc3ccccc23)C(=O)N(CC(=O)NC(C=O)CC(=O)O)c2ccccc21. The lowest BCUT2D eigenvalue weighted by Gasteiger charge is -2.25. The van der Waals surface area contributed by atoms with Gasteiger partial charge >= 0.3 is 5.97 Å². The molecular weight excluding hydrogens is 530 g/mol. The van der Waals surface area contributed by atoms with Crippen LogP contribution in [-0.2, 0) is 24.0 Å². The molecule has 212 valence electrons. The molecule has 4 N–H and O–H groups in total. The molecule has 0 aliphatic carbocycles. The summed E-state index contributed by atoms with van der Waals surface area (Å²) in [5.41, 5.74) is 0.908. The van der Waals surface area contributed by atoms with E-state index in [4.69, 9.17) is 5.11 Å². The lowest BCUT2D eigenvalue weighted by Crippen LogP contribution is -2.55. The summed E-state index contributed by atoms with van der Waals surface area (Å²) >= 11 is 0. The van der Waals surface area contributed by atoms with E-state index in [1.54, 1.807) is 55.6 Å². The van der Waals surface area contributed by atoms with E-state index < -0.39 is 48.7 Å². The molecule has 0 fully saturated rings. The van der Waals surface area contributed by atoms with Crippen LogP contribution in [0.15, 0.2) is 66.7 Å². The van der Waals surface area contributed by atoms with Gasteiger partial charge in [-0.25, -0.2) is 0 Å². The molecule has 3 aromatic rings. The van der Waals surface area contributed by atoms with E-state index >= 15 is 0 Å². The van der Waals surface area contributed by atoms with Gasteiger partial charge in [0.15, 0.2) is 0 Å². The molecule has 0 radical (unpaired) electrons. The maximum atomic E-state index is 13.9. The molecule has 0 spiro atoms. The zero-order chi connectivity index (χ0) is 29.5. The summed E-state index contributed by atoms with van der Waals surface area (Å²) in [5.74, 6) is -3.65. The molecule has 2 unspecified atom stereocenters. The maximum Gasteiger partial charge on any atom is 0.305 e. The minimum absolute atomic E-state index is 0.0524. The quantitative estimate of drug-likeness (QED) is 0.264. The summed E-state index contributed by atoms with van der Waals surface area (Å²) in [4.78, 5) is 78.4. The number of amides is 4. The van der Waals surface area contributed by atoms with Gasteiger partial charge in [-0.05, 0) is 36.0 Å². The fourth-order valence-corrected chi connectivity index (χ4v) is 4.72. The van der Waals surface area contributed by atoms with Crippen molar-refractivity contribution in [3.63, 3.8) is 0 Å². The Hall–Kier alpha value is -5.10. The highest BCUT2D eigenvalue weighted by molar-refractivity contribution is 6.13. The number of anilines is 2. The maximum absolute atomic E-state index is 13.9. The molecule has 1 heterocycles. The minimum Gasteiger partial charge on any atom is -0.481 e. The first-order valence-electron chi connectivity index (χ1n) is 12.8. The third-order valence-electron chi connectivity index (χ3n) is 6.57. The highest BCUT2D eigenvalue weighted by atomic mass is 16.4. The Bertz CT molecular complexity index is 1500. The number of nitrogens with zero attached hydrogens (tertiary/aromatic N) is 2. The monoisotopic (exact) mass is 559 g/mol. The standard InChI is InChI=1S/C29H29N5O7/c1-30-14-26(37)33-15-22(32-28(40)21-10-6-8-18-7-2-3-9-20(18)21)29(41)34(24-12-5-4-11-23(24)33)16-25(36)31-19(17-35)13-27(38)39/h2-12,17,19,22,30H,13-16H2,1H3,(H,31,36)(H,32,40)(H,38,39). The Labute approximate surface area is 235 Å². The number of carboxylic acid groups (broad SMARTS) is 1. The minimum atomic E-state index is -1.30. The Morgan fingerprint density at radius 3 is 2.39 bits per heavy atom. The number of carboxylic acids is 1. The van der Waals surface area contributed by atoms with Crippen LogP contribution in [0.4, 0.5) is 11.4 Å². The van der Waals surface area contributed by atoms with E-state index in [9.17, 15) is 28.8 Å². The van der Waals surface area contributed by atoms with Crippen molar-refractivity contribution in [1.82, 2.24) is 16.0 Å². The number of rotatable bonds is 10. The van der Waals surface area contributed by atoms with E-state index in [0.717, 1.165) is 10.3 Å². The molecular formula is C29H29N5O7. The Morgan fingerprint density at radius 2 is 1.68 bits per heavy atom. The second-order valence-electron chi connectivity index (χ2n) is 9.41. The summed E-state index contributed by atoms with van der Waals surface area (Å²) < 4.78 is 0. The van der Waals surface area contributed by atoms with Crippen molar-refractivity contribution < 1.29 is 33.9 Å². The summed E-state index contributed by atoms with van der Waals surface area (Å²) in [6, 6.07) is 16.4. The predicted octanol–water partition coefficient (Wildman–Crippen LogP) is 0.696. The third kappa shape index (κ3) is 6.56. The second kappa shape index (κ2) is 12.8. The highest BCUT2D eigenvalue weighted by Crippen LogP contribution is 2.33. The van der Waals surface area contributed by atoms with Gasteiger partial charge in [0.05, 0.1) is 36.9 Å². The normalized spacial score (nSPS) is 15.4. The number of carbonyl (C=O) groups excluding carboxylic acids is 5. The van der Waals surface area contributed by atoms with E-state index in [1.807, 2.05) is 18.2 Å². The molecule has 0 saturated carbocycles. The number of likely N-dealkylation sites (N-methyl/N-ethyl adjacent to an activating group) is 1. The molecule has 4 rings (SSSR count). The van der Waals surface area contributed by atoms with Gasteiger partial charge in [-0.1, -0.05) is 48.5 Å². The first-order chi connectivity index (χ1) is 19.7. The number of hydrogen-bond acceptors (Lipinski definition) is 7. The van der Waals surface area contributed by atoms with Gasteiger partial charge in [-0.2, -0.15) is 0 Å². The highest BCUT2D eigenvalue weighted by Gasteiger charge is 2.38. The van der Waals surface area contributed by atoms with Gasteiger partial charge in [-0.15, -0.1) is 0 Å². The zero-order valence-electron chi connectivity index (χ0n) is 22.2. The van der Waals surface area contributed by atoms with Crippen molar-refractivity contribution in [3.8, 4) is 0 Å². The number of carbonyl (C=O) groups is 6. The van der Waals surface area contributed by atoms with Crippen molar-refractivity contribution in [3.05, 3.63) is 72.3 Å². The molecule has 1 aliphatic heterocycles. The number of fused-ring (bicyclic) bond motifs is 2. The first-order valence-corrected chi connectivity index (χ1v) is 12.8. The summed E-state index contributed by atoms with van der Waals surface area (Å²) in [6.07, 6.45) is -0.328. The van der Waals surface area contributed by atoms with E-state index in [1.165, 1.54) is 4.90 Å². The van der Waals surface area contributed by atoms with Crippen molar-refractivity contribution in [2.75, 3.05) is 36.5 Å². The Morgan fingerprint density at radius 1 is 1.00 bits per heavy atom. The molecule has 3 aromatic carbocycles. The molecule has 12 nitrogen and oxygen atoms in total. The number of para-hydroxylation sites is 2. The largest absolute Gasteiger partial charge is 0.481 e. The van der Waals surface area contributed by atoms with Gasteiger partial charge in [0.25, 0.3) is 11.8 Å². The van der Waals surface area contributed by atoms with Crippen LogP contribution < -0.4 is 25.8 Å². The van der Waals surface area contributed by atoms with E-state index in [-0.39, 0.29) is 24.7 Å². The Kier molecular flexibility index (Phi) is 9.05. The van der Waals surface area contributed by atoms with Crippen LogP contribution >= 0.6 is 0 Å². The first kappa shape index (κ1) is 28.9. The van der Waals surface area contributed by atoms with Gasteiger partial charge in [-0.3, -0.25) is 28.9 Å².